The predicted molar refractivity (Wildman–Crippen MR) is 257 cm³/mol. The summed E-state index contributed by atoms with van der Waals surface area (Å²) in [5.74, 6) is -1.16. The number of carboxylic acids is 1. The van der Waals surface area contributed by atoms with Gasteiger partial charge in [-0.15, -0.1) is 22.7 Å². The van der Waals surface area contributed by atoms with Crippen molar-refractivity contribution in [2.45, 2.75) is 152 Å². The second-order valence-corrected chi connectivity index (χ2v) is 21.1. The third kappa shape index (κ3) is 15.7. The molecule has 6 rings (SSSR count). The van der Waals surface area contributed by atoms with Crippen molar-refractivity contribution in [3.8, 4) is 0 Å². The lowest BCUT2D eigenvalue weighted by Gasteiger charge is -2.26. The standard InChI is InChI=1S/C28H42O8S.C23H32O5S/c29-15-28(16-30,17-31)18-36-27(35)10-4-2-1-3-8-20-21(24(34)14-23(20)33)11-12-22(32)26-13-19-7-5-6-9-25(19)37-26;24-18(22-13-15-7-5-6-9-21(15)29-22)12-11-17-16(19(25)14-20(17)26)8-3-1-2-4-10-23(27)28/h5-7,9,13,20-24,29-34H,1-4,8,10-12,14-18H2;5-7,9,13,16-20,24-26H,1-4,8,10-12,14H2,(H,27,28)/t20-,21-,22-,23+,24-;16-,17-,18-,19+,20-/m11/s1. The zero-order valence-corrected chi connectivity index (χ0v) is 39.7. The van der Waals surface area contributed by atoms with Crippen LogP contribution in [0.1, 0.15) is 138 Å². The summed E-state index contributed by atoms with van der Waals surface area (Å²) in [7, 11) is 0. The normalized spacial score (nSPS) is 24.1. The number of carboxylic acid groups (broad SMARTS) is 1. The lowest BCUT2D eigenvalue weighted by atomic mass is 9.84. The van der Waals surface area contributed by atoms with Crippen LogP contribution in [0.2, 0.25) is 0 Å². The van der Waals surface area contributed by atoms with Crippen LogP contribution in [0.3, 0.4) is 0 Å². The van der Waals surface area contributed by atoms with E-state index in [-0.39, 0.29) is 43.1 Å². The maximum Gasteiger partial charge on any atom is 0.305 e. The second kappa shape index (κ2) is 27.2. The Bertz CT molecular complexity index is 1960. The van der Waals surface area contributed by atoms with Crippen LogP contribution in [0.15, 0.2) is 60.7 Å². The van der Waals surface area contributed by atoms with Crippen LogP contribution in [0, 0.1) is 29.1 Å². The van der Waals surface area contributed by atoms with Gasteiger partial charge >= 0.3 is 11.9 Å². The van der Waals surface area contributed by atoms with Crippen molar-refractivity contribution >= 4 is 54.8 Å². The molecule has 10 atom stereocenters. The van der Waals surface area contributed by atoms with Crippen LogP contribution in [0.5, 0.6) is 0 Å². The minimum atomic E-state index is -1.22. The molecule has 0 unspecified atom stereocenters. The van der Waals surface area contributed by atoms with Crippen LogP contribution < -0.4 is 0 Å². The summed E-state index contributed by atoms with van der Waals surface area (Å²) in [6, 6.07) is 20.2. The molecule has 66 heavy (non-hydrogen) atoms. The van der Waals surface area contributed by atoms with Gasteiger partial charge in [0, 0.05) is 32.0 Å². The molecule has 15 heteroatoms. The van der Waals surface area contributed by atoms with Crippen molar-refractivity contribution in [1.82, 2.24) is 0 Å². The van der Waals surface area contributed by atoms with E-state index in [2.05, 4.69) is 6.07 Å². The van der Waals surface area contributed by atoms with Crippen LogP contribution >= 0.6 is 22.7 Å². The minimum absolute atomic E-state index is 0.00172. The highest BCUT2D eigenvalue weighted by atomic mass is 32.1. The zero-order valence-electron chi connectivity index (χ0n) is 38.1. The topological polar surface area (TPSA) is 246 Å². The first-order valence-corrected chi connectivity index (χ1v) is 25.7. The van der Waals surface area contributed by atoms with E-state index in [0.717, 1.165) is 76.6 Å². The number of esters is 1. The van der Waals surface area contributed by atoms with Crippen molar-refractivity contribution in [2.75, 3.05) is 26.4 Å². The molecule has 2 aromatic heterocycles. The summed E-state index contributed by atoms with van der Waals surface area (Å²) in [5, 5.41) is 102. The van der Waals surface area contributed by atoms with Crippen molar-refractivity contribution < 1.29 is 65.4 Å². The van der Waals surface area contributed by atoms with Crippen molar-refractivity contribution in [3.63, 3.8) is 0 Å². The highest BCUT2D eigenvalue weighted by molar-refractivity contribution is 7.19. The molecule has 2 aliphatic rings. The quantitative estimate of drug-likeness (QED) is 0.0207. The summed E-state index contributed by atoms with van der Waals surface area (Å²) in [6.45, 7) is -1.64. The Morgan fingerprint density at radius 3 is 1.38 bits per heavy atom. The lowest BCUT2D eigenvalue weighted by Crippen LogP contribution is -2.39. The summed E-state index contributed by atoms with van der Waals surface area (Å²) in [5.41, 5.74) is -1.22. The molecule has 0 aliphatic heterocycles. The van der Waals surface area contributed by atoms with Crippen LogP contribution in [-0.4, -0.2) is 114 Å². The Balaban J connectivity index is 0.000000255. The first kappa shape index (κ1) is 53.9. The molecule has 0 radical (unpaired) electrons. The van der Waals surface area contributed by atoms with Gasteiger partial charge in [-0.3, -0.25) is 9.59 Å². The van der Waals surface area contributed by atoms with E-state index in [9.17, 15) is 55.5 Å². The fourth-order valence-electron chi connectivity index (χ4n) is 9.89. The van der Waals surface area contributed by atoms with Gasteiger partial charge in [0.05, 0.1) is 61.9 Å². The molecular weight excluding hydrogens is 885 g/mol. The predicted octanol–water partition coefficient (Wildman–Crippen LogP) is 7.42. The number of carbonyl (C=O) groups excluding carboxylic acids is 1. The molecule has 2 fully saturated rings. The number of carbonyl (C=O) groups is 2. The molecule has 10 N–H and O–H groups in total. The molecule has 0 saturated heterocycles. The number of unbranched alkanes of at least 4 members (excludes halogenated alkanes) is 6. The molecule has 368 valence electrons. The Labute approximate surface area is 396 Å². The van der Waals surface area contributed by atoms with E-state index in [0.29, 0.717) is 51.4 Å². The SMILES string of the molecule is O=C(CCCCCC[C@@H]1[C@@H](CC[C@@H](O)c2cc3ccccc3s2)[C@H](O)C[C@@H]1O)OCC(CO)(CO)CO.O=C(O)CCCCCC[C@@H]1[C@@H](CC[C@@H](O)c2cc3ccccc3s2)[C@H](O)C[C@@H]1O. The number of hydrogen-bond acceptors (Lipinski definition) is 14. The molecule has 2 aliphatic carbocycles. The maximum atomic E-state index is 11.9. The largest absolute Gasteiger partial charge is 0.481 e. The van der Waals surface area contributed by atoms with Crippen LogP contribution in [0.4, 0.5) is 0 Å². The van der Waals surface area contributed by atoms with E-state index < -0.39 is 73.8 Å². The molecule has 2 heterocycles. The van der Waals surface area contributed by atoms with Gasteiger partial charge in [-0.05, 0) is 123 Å². The summed E-state index contributed by atoms with van der Waals surface area (Å²) in [6.07, 6.45) is 8.76. The molecule has 0 amide bonds. The van der Waals surface area contributed by atoms with E-state index in [4.69, 9.17) is 9.84 Å². The van der Waals surface area contributed by atoms with Crippen molar-refractivity contribution in [1.29, 1.82) is 0 Å². The maximum absolute atomic E-state index is 11.9. The van der Waals surface area contributed by atoms with Crippen molar-refractivity contribution in [2.24, 2.45) is 29.1 Å². The molecule has 0 spiro atoms. The Morgan fingerprint density at radius 1 is 0.576 bits per heavy atom. The zero-order chi connectivity index (χ0) is 47.6. The molecule has 2 aromatic carbocycles. The van der Waals surface area contributed by atoms with Gasteiger partial charge < -0.3 is 55.8 Å². The Hall–Kier alpha value is -3.06. The molecule has 4 aromatic rings. The number of ether oxygens (including phenoxy) is 1. The number of thiophene rings is 2. The van der Waals surface area contributed by atoms with Gasteiger partial charge in [0.1, 0.15) is 6.61 Å². The minimum Gasteiger partial charge on any atom is -0.481 e. The average Bonchev–Trinajstić information content (AvgIpc) is 4.07. The highest BCUT2D eigenvalue weighted by Crippen LogP contribution is 2.43. The van der Waals surface area contributed by atoms with Gasteiger partial charge in [-0.2, -0.15) is 0 Å². The van der Waals surface area contributed by atoms with Gasteiger partial charge in [0.25, 0.3) is 0 Å². The molecule has 2 saturated carbocycles. The Morgan fingerprint density at radius 2 is 0.970 bits per heavy atom. The second-order valence-electron chi connectivity index (χ2n) is 18.9. The lowest BCUT2D eigenvalue weighted by molar-refractivity contribution is -0.151. The van der Waals surface area contributed by atoms with E-state index in [1.807, 2.05) is 54.6 Å². The summed E-state index contributed by atoms with van der Waals surface area (Å²) in [4.78, 5) is 24.4. The monoisotopic (exact) mass is 958 g/mol. The van der Waals surface area contributed by atoms with Gasteiger partial charge in [0.2, 0.25) is 0 Å². The fraction of sp³-hybridized carbons (Fsp3) is 0.647. The molecular formula is C51H74O13S2. The number of benzene rings is 2. The molecule has 0 bridgehead atoms. The Kier molecular flexibility index (Phi) is 22.2. The third-order valence-corrected chi connectivity index (χ3v) is 16.5. The number of aliphatic carboxylic acids is 1. The average molecular weight is 959 g/mol. The van der Waals surface area contributed by atoms with Gasteiger partial charge in [-0.1, -0.05) is 74.9 Å². The number of aliphatic hydroxyl groups excluding tert-OH is 9. The van der Waals surface area contributed by atoms with Crippen LogP contribution in [-0.2, 0) is 14.3 Å². The number of hydrogen-bond donors (Lipinski definition) is 10. The third-order valence-electron chi connectivity index (χ3n) is 14.0. The van der Waals surface area contributed by atoms with E-state index in [1.54, 1.807) is 22.7 Å². The first-order valence-electron chi connectivity index (χ1n) is 24.0. The van der Waals surface area contributed by atoms with Crippen LogP contribution in [0.25, 0.3) is 20.2 Å². The summed E-state index contributed by atoms with van der Waals surface area (Å²) < 4.78 is 7.42. The summed E-state index contributed by atoms with van der Waals surface area (Å²) >= 11 is 3.20. The smallest absolute Gasteiger partial charge is 0.305 e. The highest BCUT2D eigenvalue weighted by Gasteiger charge is 2.42. The van der Waals surface area contributed by atoms with Gasteiger partial charge in [-0.25, -0.2) is 0 Å². The number of fused-ring (bicyclic) bond motifs is 2. The van der Waals surface area contributed by atoms with Gasteiger partial charge in [0.15, 0.2) is 0 Å². The number of rotatable bonds is 27. The number of aliphatic hydroxyl groups is 9. The first-order chi connectivity index (χ1) is 31.8. The van der Waals surface area contributed by atoms with E-state index in [1.165, 1.54) is 4.70 Å². The fourth-order valence-corrected chi connectivity index (χ4v) is 12.1. The molecule has 13 nitrogen and oxygen atoms in total. The van der Waals surface area contributed by atoms with E-state index >= 15 is 0 Å². The van der Waals surface area contributed by atoms with Crippen molar-refractivity contribution in [3.05, 3.63) is 70.4 Å².